The second-order valence-electron chi connectivity index (χ2n) is 5.16. The van der Waals surface area contributed by atoms with E-state index < -0.39 is 15.0 Å². The molecule has 0 aliphatic heterocycles. The lowest BCUT2D eigenvalue weighted by Crippen LogP contribution is -2.40. The average Bonchev–Trinajstić information content (AvgIpc) is 2.27. The fourth-order valence-electron chi connectivity index (χ4n) is 2.25. The molecule has 1 saturated carbocycles. The van der Waals surface area contributed by atoms with E-state index in [0.717, 1.165) is 25.3 Å². The van der Waals surface area contributed by atoms with Crippen LogP contribution in [-0.2, 0) is 9.05 Å². The molecule has 1 aromatic rings. The van der Waals surface area contributed by atoms with Gasteiger partial charge in [-0.2, -0.15) is 0 Å². The summed E-state index contributed by atoms with van der Waals surface area (Å²) >= 11 is 11.8. The minimum atomic E-state index is -4.07. The van der Waals surface area contributed by atoms with Gasteiger partial charge in [-0.25, -0.2) is 8.42 Å². The summed E-state index contributed by atoms with van der Waals surface area (Å²) in [6.45, 7) is 1.92. The van der Waals surface area contributed by atoms with Crippen molar-refractivity contribution in [2.75, 3.05) is 0 Å². The first kappa shape index (κ1) is 16.9. The minimum absolute atomic E-state index is 0.00245. The van der Waals surface area contributed by atoms with Crippen molar-refractivity contribution < 1.29 is 13.2 Å². The maximum Gasteiger partial charge on any atom is 0.262 e. The molecular weight excluding hydrogens is 357 g/mol. The molecule has 1 N–H and O–H groups in total. The van der Waals surface area contributed by atoms with Gasteiger partial charge in [0.05, 0.1) is 10.6 Å². The van der Waals surface area contributed by atoms with E-state index in [1.807, 2.05) is 6.92 Å². The molecule has 8 heteroatoms. The fraction of sp³-hybridized carbons (Fsp3) is 0.462. The molecule has 0 saturated heterocycles. The van der Waals surface area contributed by atoms with Crippen molar-refractivity contribution >= 4 is 48.8 Å². The Morgan fingerprint density at radius 1 is 1.33 bits per heavy atom. The van der Waals surface area contributed by atoms with Crippen molar-refractivity contribution in [2.24, 2.45) is 5.92 Å². The summed E-state index contributed by atoms with van der Waals surface area (Å²) in [5.74, 6) is -0.00777. The lowest BCUT2D eigenvalue weighted by Gasteiger charge is -2.32. The zero-order valence-corrected chi connectivity index (χ0v) is 14.3. The number of amides is 1. The van der Waals surface area contributed by atoms with E-state index in [1.54, 1.807) is 0 Å². The molecule has 1 fully saturated rings. The molecule has 1 amide bonds. The molecule has 1 aliphatic carbocycles. The second-order valence-corrected chi connectivity index (χ2v) is 8.51. The molecule has 0 bridgehead atoms. The van der Waals surface area contributed by atoms with Crippen LogP contribution in [0, 0.1) is 5.92 Å². The molecular formula is C13H14Cl3NO3S. The van der Waals surface area contributed by atoms with Crippen molar-refractivity contribution in [3.05, 3.63) is 27.7 Å². The van der Waals surface area contributed by atoms with Gasteiger partial charge in [0.1, 0.15) is 4.90 Å². The summed E-state index contributed by atoms with van der Waals surface area (Å²) in [6.07, 6.45) is 3.31. The molecule has 4 nitrogen and oxygen atoms in total. The molecule has 2 rings (SSSR count). The Labute approximate surface area is 138 Å². The van der Waals surface area contributed by atoms with Gasteiger partial charge < -0.3 is 5.32 Å². The van der Waals surface area contributed by atoms with Crippen LogP contribution in [0.2, 0.25) is 10.0 Å². The lowest BCUT2D eigenvalue weighted by molar-refractivity contribution is 0.0909. The van der Waals surface area contributed by atoms with Crippen LogP contribution in [0.15, 0.2) is 17.0 Å². The van der Waals surface area contributed by atoms with Crippen LogP contribution in [0.5, 0.6) is 0 Å². The third-order valence-electron chi connectivity index (χ3n) is 3.73. The summed E-state index contributed by atoms with van der Waals surface area (Å²) in [7, 11) is 1.22. The van der Waals surface area contributed by atoms with Crippen LogP contribution in [0.25, 0.3) is 0 Å². The van der Waals surface area contributed by atoms with Gasteiger partial charge in [-0.3, -0.25) is 4.79 Å². The number of carbonyl (C=O) groups excluding carboxylic acids is 1. The van der Waals surface area contributed by atoms with E-state index in [0.29, 0.717) is 5.92 Å². The molecule has 0 aromatic heterocycles. The van der Waals surface area contributed by atoms with Crippen molar-refractivity contribution in [1.82, 2.24) is 5.32 Å². The van der Waals surface area contributed by atoms with Gasteiger partial charge in [0.2, 0.25) is 0 Å². The molecule has 1 aromatic carbocycles. The first-order valence-corrected chi connectivity index (χ1v) is 9.51. The molecule has 116 valence electrons. The van der Waals surface area contributed by atoms with Crippen molar-refractivity contribution in [2.45, 2.75) is 37.1 Å². The Morgan fingerprint density at radius 3 is 2.43 bits per heavy atom. The zero-order chi connectivity index (χ0) is 15.8. The molecule has 0 heterocycles. The summed E-state index contributed by atoms with van der Waals surface area (Å²) in [6, 6.07) is 2.45. The molecule has 0 radical (unpaired) electrons. The molecule has 21 heavy (non-hydrogen) atoms. The summed E-state index contributed by atoms with van der Waals surface area (Å²) in [5.41, 5.74) is 0.00886. The molecule has 0 spiro atoms. The van der Waals surface area contributed by atoms with Gasteiger partial charge in [-0.05, 0) is 37.8 Å². The predicted molar refractivity (Wildman–Crippen MR) is 83.8 cm³/mol. The Kier molecular flexibility index (Phi) is 5.08. The highest BCUT2D eigenvalue weighted by Gasteiger charge is 2.27. The molecule has 1 aliphatic rings. The first-order valence-electron chi connectivity index (χ1n) is 6.44. The SMILES string of the molecule is CC(NC(=O)c1cc(Cl)cc(S(=O)(=O)Cl)c1Cl)C1CCC1. The number of carbonyl (C=O) groups is 1. The summed E-state index contributed by atoms with van der Waals surface area (Å²) in [5, 5.41) is 2.69. The topological polar surface area (TPSA) is 63.2 Å². The van der Waals surface area contributed by atoms with Gasteiger partial charge >= 0.3 is 0 Å². The number of nitrogens with one attached hydrogen (secondary N) is 1. The maximum absolute atomic E-state index is 12.3. The third-order valence-corrected chi connectivity index (χ3v) is 5.81. The highest BCUT2D eigenvalue weighted by molar-refractivity contribution is 8.13. The van der Waals surface area contributed by atoms with E-state index in [4.69, 9.17) is 33.9 Å². The van der Waals surface area contributed by atoms with E-state index in [1.165, 1.54) is 6.07 Å². The third kappa shape index (κ3) is 3.83. The smallest absolute Gasteiger partial charge is 0.262 e. The van der Waals surface area contributed by atoms with Gasteiger partial charge in [-0.15, -0.1) is 0 Å². The van der Waals surface area contributed by atoms with Crippen molar-refractivity contribution in [1.29, 1.82) is 0 Å². The van der Waals surface area contributed by atoms with Gasteiger partial charge in [-0.1, -0.05) is 29.6 Å². The highest BCUT2D eigenvalue weighted by Crippen LogP contribution is 2.33. The van der Waals surface area contributed by atoms with E-state index >= 15 is 0 Å². The number of hydrogen-bond acceptors (Lipinski definition) is 3. The van der Waals surface area contributed by atoms with Crippen LogP contribution < -0.4 is 5.32 Å². The monoisotopic (exact) mass is 369 g/mol. The Bertz CT molecular complexity index is 671. The Morgan fingerprint density at radius 2 is 1.95 bits per heavy atom. The fourth-order valence-corrected chi connectivity index (χ4v) is 4.11. The largest absolute Gasteiger partial charge is 0.349 e. The van der Waals surface area contributed by atoms with Gasteiger partial charge in [0.15, 0.2) is 0 Å². The normalized spacial score (nSPS) is 17.1. The van der Waals surface area contributed by atoms with Crippen LogP contribution >= 0.6 is 33.9 Å². The summed E-state index contributed by atoms with van der Waals surface area (Å²) < 4.78 is 22.9. The van der Waals surface area contributed by atoms with Crippen LogP contribution in [0.3, 0.4) is 0 Å². The standard InChI is InChI=1S/C13H14Cl3NO3S/c1-7(8-3-2-4-8)17-13(18)10-5-9(14)6-11(12(10)15)21(16,19)20/h5-8H,2-4H2,1H3,(H,17,18). The summed E-state index contributed by atoms with van der Waals surface area (Å²) in [4.78, 5) is 11.9. The molecule has 1 unspecified atom stereocenters. The second kappa shape index (κ2) is 6.32. The average molecular weight is 371 g/mol. The Hall–Kier alpha value is -0.490. The Balaban J connectivity index is 2.30. The minimum Gasteiger partial charge on any atom is -0.349 e. The van der Waals surface area contributed by atoms with Gasteiger partial charge in [0.25, 0.3) is 15.0 Å². The number of rotatable bonds is 4. The quantitative estimate of drug-likeness (QED) is 0.819. The van der Waals surface area contributed by atoms with Crippen LogP contribution in [0.1, 0.15) is 36.5 Å². The molecule has 1 atom stereocenters. The highest BCUT2D eigenvalue weighted by atomic mass is 35.7. The van der Waals surface area contributed by atoms with Gasteiger partial charge in [0, 0.05) is 21.7 Å². The van der Waals surface area contributed by atoms with E-state index in [2.05, 4.69) is 5.32 Å². The maximum atomic E-state index is 12.3. The van der Waals surface area contributed by atoms with Crippen LogP contribution in [0.4, 0.5) is 0 Å². The van der Waals surface area contributed by atoms with Crippen molar-refractivity contribution in [3.8, 4) is 0 Å². The number of hydrogen-bond donors (Lipinski definition) is 1. The van der Waals surface area contributed by atoms with Crippen molar-refractivity contribution in [3.63, 3.8) is 0 Å². The van der Waals surface area contributed by atoms with E-state index in [-0.39, 0.29) is 26.5 Å². The number of halogens is 3. The first-order chi connectivity index (χ1) is 9.70. The zero-order valence-electron chi connectivity index (χ0n) is 11.2. The van der Waals surface area contributed by atoms with E-state index in [9.17, 15) is 13.2 Å². The van der Waals surface area contributed by atoms with Crippen LogP contribution in [-0.4, -0.2) is 20.4 Å². The lowest BCUT2D eigenvalue weighted by atomic mass is 9.80. The predicted octanol–water partition coefficient (Wildman–Crippen LogP) is 3.84. The number of benzene rings is 1.